The van der Waals surface area contributed by atoms with Crippen molar-refractivity contribution in [2.45, 2.75) is 12.8 Å². The van der Waals surface area contributed by atoms with E-state index >= 15 is 0 Å². The van der Waals surface area contributed by atoms with Crippen molar-refractivity contribution in [1.82, 2.24) is 5.32 Å². The smallest absolute Gasteiger partial charge is 0.306 e. The highest BCUT2D eigenvalue weighted by Gasteiger charge is 2.08. The highest BCUT2D eigenvalue weighted by molar-refractivity contribution is 5.97. The van der Waals surface area contributed by atoms with E-state index in [-0.39, 0.29) is 18.8 Å². The van der Waals surface area contributed by atoms with E-state index in [0.29, 0.717) is 24.9 Å². The summed E-state index contributed by atoms with van der Waals surface area (Å²) in [5.74, 6) is -0.665. The number of amides is 1. The Balaban J connectivity index is 2.22. The molecule has 0 aliphatic rings. The van der Waals surface area contributed by atoms with Gasteiger partial charge in [-0.1, -0.05) is 30.3 Å². The molecule has 96 valence electrons. The van der Waals surface area contributed by atoms with E-state index in [1.165, 1.54) is 0 Å². The standard InChI is InChI=1S/C13H15NO4/c15-10-14-8-4-7-13(17)18-9-12(16)11-5-2-1-3-6-11/h1-3,5-6,10H,4,7-9H2,(H,14,15). The molecule has 5 heteroatoms. The summed E-state index contributed by atoms with van der Waals surface area (Å²) in [6.45, 7) is 0.176. The third-order valence-electron chi connectivity index (χ3n) is 2.25. The molecule has 0 bridgehead atoms. The quantitative estimate of drug-likeness (QED) is 0.322. The second-order valence-electron chi connectivity index (χ2n) is 3.63. The van der Waals surface area contributed by atoms with Crippen molar-refractivity contribution < 1.29 is 19.1 Å². The van der Waals surface area contributed by atoms with Crippen molar-refractivity contribution in [3.63, 3.8) is 0 Å². The molecule has 0 aromatic heterocycles. The first kappa shape index (κ1) is 13.9. The molecule has 0 fully saturated rings. The minimum Gasteiger partial charge on any atom is -0.457 e. The van der Waals surface area contributed by atoms with Gasteiger partial charge in [-0.3, -0.25) is 14.4 Å². The number of hydrogen-bond donors (Lipinski definition) is 1. The molecule has 1 aromatic carbocycles. The molecule has 0 atom stereocenters. The van der Waals surface area contributed by atoms with Crippen LogP contribution in [-0.2, 0) is 14.3 Å². The van der Waals surface area contributed by atoms with Gasteiger partial charge in [-0.15, -0.1) is 0 Å². The molecule has 1 amide bonds. The van der Waals surface area contributed by atoms with Crippen molar-refractivity contribution in [3.05, 3.63) is 35.9 Å². The van der Waals surface area contributed by atoms with E-state index in [9.17, 15) is 14.4 Å². The van der Waals surface area contributed by atoms with Gasteiger partial charge >= 0.3 is 5.97 Å². The number of Topliss-reactive ketones (excluding diaryl/α,β-unsaturated/α-hetero) is 1. The molecule has 1 rings (SSSR count). The Morgan fingerprint density at radius 2 is 1.94 bits per heavy atom. The largest absolute Gasteiger partial charge is 0.457 e. The summed E-state index contributed by atoms with van der Waals surface area (Å²) in [7, 11) is 0. The molecule has 1 aromatic rings. The SMILES string of the molecule is O=CNCCCC(=O)OCC(=O)c1ccccc1. The maximum atomic E-state index is 11.6. The summed E-state index contributed by atoms with van der Waals surface area (Å²) in [5, 5.41) is 2.44. The van der Waals surface area contributed by atoms with Crippen LogP contribution >= 0.6 is 0 Å². The Labute approximate surface area is 105 Å². The molecule has 18 heavy (non-hydrogen) atoms. The molecule has 0 aliphatic carbocycles. The molecule has 0 saturated heterocycles. The van der Waals surface area contributed by atoms with E-state index < -0.39 is 5.97 Å². The van der Waals surface area contributed by atoms with Crippen LogP contribution in [0.2, 0.25) is 0 Å². The zero-order valence-electron chi connectivity index (χ0n) is 9.93. The van der Waals surface area contributed by atoms with Crippen LogP contribution in [-0.4, -0.2) is 31.3 Å². The number of ether oxygens (including phenoxy) is 1. The first-order chi connectivity index (χ1) is 8.74. The van der Waals surface area contributed by atoms with E-state index in [0.717, 1.165) is 0 Å². The van der Waals surface area contributed by atoms with Crippen LogP contribution in [0, 0.1) is 0 Å². The first-order valence-electron chi connectivity index (χ1n) is 5.65. The maximum absolute atomic E-state index is 11.6. The summed E-state index contributed by atoms with van der Waals surface area (Å²) < 4.78 is 4.83. The van der Waals surface area contributed by atoms with Crippen molar-refractivity contribution in [1.29, 1.82) is 0 Å². The normalized spacial score (nSPS) is 9.56. The fourth-order valence-electron chi connectivity index (χ4n) is 1.32. The Morgan fingerprint density at radius 3 is 2.61 bits per heavy atom. The third kappa shape index (κ3) is 5.25. The molecular formula is C13H15NO4. The molecule has 0 saturated carbocycles. The monoisotopic (exact) mass is 249 g/mol. The molecule has 1 N–H and O–H groups in total. The van der Waals surface area contributed by atoms with Crippen molar-refractivity contribution in [2.75, 3.05) is 13.2 Å². The first-order valence-corrected chi connectivity index (χ1v) is 5.65. The van der Waals surface area contributed by atoms with Crippen LogP contribution in [0.5, 0.6) is 0 Å². The van der Waals surface area contributed by atoms with Gasteiger partial charge in [0.25, 0.3) is 0 Å². The van der Waals surface area contributed by atoms with E-state index in [4.69, 9.17) is 4.74 Å². The molecule has 0 heterocycles. The minimum atomic E-state index is -0.438. The van der Waals surface area contributed by atoms with Crippen LogP contribution in [0.3, 0.4) is 0 Å². The Morgan fingerprint density at radius 1 is 1.22 bits per heavy atom. The number of carbonyl (C=O) groups excluding carboxylic acids is 3. The van der Waals surface area contributed by atoms with Gasteiger partial charge in [0.2, 0.25) is 6.41 Å². The number of benzene rings is 1. The highest BCUT2D eigenvalue weighted by atomic mass is 16.5. The van der Waals surface area contributed by atoms with Crippen LogP contribution in [0.15, 0.2) is 30.3 Å². The summed E-state index contributed by atoms with van der Waals surface area (Å²) >= 11 is 0. The topological polar surface area (TPSA) is 72.5 Å². The van der Waals surface area contributed by atoms with Gasteiger partial charge in [-0.2, -0.15) is 0 Å². The molecular weight excluding hydrogens is 234 g/mol. The summed E-state index contributed by atoms with van der Waals surface area (Å²) in [6, 6.07) is 8.65. The average Bonchev–Trinajstić information content (AvgIpc) is 2.42. The van der Waals surface area contributed by atoms with Gasteiger partial charge in [-0.25, -0.2) is 0 Å². The average molecular weight is 249 g/mol. The van der Waals surface area contributed by atoms with Crippen LogP contribution in [0.4, 0.5) is 0 Å². The zero-order chi connectivity index (χ0) is 13.2. The molecule has 0 aliphatic heterocycles. The predicted octanol–water partition coefficient (Wildman–Crippen LogP) is 0.939. The van der Waals surface area contributed by atoms with Gasteiger partial charge in [0, 0.05) is 18.5 Å². The Bertz CT molecular complexity index is 403. The molecule has 0 unspecified atom stereocenters. The lowest BCUT2D eigenvalue weighted by Gasteiger charge is -2.04. The fourth-order valence-corrected chi connectivity index (χ4v) is 1.32. The van der Waals surface area contributed by atoms with Crippen molar-refractivity contribution >= 4 is 18.2 Å². The van der Waals surface area contributed by atoms with Crippen LogP contribution < -0.4 is 5.32 Å². The van der Waals surface area contributed by atoms with Crippen LogP contribution in [0.25, 0.3) is 0 Å². The lowest BCUT2D eigenvalue weighted by molar-refractivity contribution is -0.142. The van der Waals surface area contributed by atoms with E-state index in [2.05, 4.69) is 5.32 Å². The molecule has 0 radical (unpaired) electrons. The Hall–Kier alpha value is -2.17. The highest BCUT2D eigenvalue weighted by Crippen LogP contribution is 2.01. The second kappa shape index (κ2) is 8.00. The van der Waals surface area contributed by atoms with Gasteiger partial charge in [-0.05, 0) is 6.42 Å². The number of ketones is 1. The lowest BCUT2D eigenvalue weighted by atomic mass is 10.1. The predicted molar refractivity (Wildman–Crippen MR) is 65.0 cm³/mol. The summed E-state index contributed by atoms with van der Waals surface area (Å²) in [4.78, 5) is 32.8. The van der Waals surface area contributed by atoms with Crippen molar-refractivity contribution in [2.24, 2.45) is 0 Å². The number of esters is 1. The zero-order valence-corrected chi connectivity index (χ0v) is 9.93. The van der Waals surface area contributed by atoms with Gasteiger partial charge in [0.05, 0.1) is 0 Å². The van der Waals surface area contributed by atoms with Crippen LogP contribution in [0.1, 0.15) is 23.2 Å². The summed E-state index contributed by atoms with van der Waals surface area (Å²) in [6.07, 6.45) is 1.25. The van der Waals surface area contributed by atoms with Gasteiger partial charge < -0.3 is 10.1 Å². The minimum absolute atomic E-state index is 0.183. The molecule has 0 spiro atoms. The number of nitrogens with one attached hydrogen (secondary N) is 1. The fraction of sp³-hybridized carbons (Fsp3) is 0.308. The number of rotatable bonds is 8. The number of carbonyl (C=O) groups is 3. The van der Waals surface area contributed by atoms with E-state index in [1.54, 1.807) is 24.3 Å². The van der Waals surface area contributed by atoms with E-state index in [1.807, 2.05) is 6.07 Å². The second-order valence-corrected chi connectivity index (χ2v) is 3.63. The summed E-state index contributed by atoms with van der Waals surface area (Å²) in [5.41, 5.74) is 0.521. The maximum Gasteiger partial charge on any atom is 0.306 e. The third-order valence-corrected chi connectivity index (χ3v) is 2.25. The van der Waals surface area contributed by atoms with Gasteiger partial charge in [0.15, 0.2) is 12.4 Å². The Kier molecular flexibility index (Phi) is 6.17. The number of hydrogen-bond acceptors (Lipinski definition) is 4. The van der Waals surface area contributed by atoms with Crippen molar-refractivity contribution in [3.8, 4) is 0 Å². The lowest BCUT2D eigenvalue weighted by Crippen LogP contribution is -2.17. The van der Waals surface area contributed by atoms with Gasteiger partial charge in [0.1, 0.15) is 0 Å². The molecule has 5 nitrogen and oxygen atoms in total.